The van der Waals surface area contributed by atoms with E-state index in [0.717, 1.165) is 17.7 Å². The van der Waals surface area contributed by atoms with Crippen LogP contribution in [0.2, 0.25) is 5.02 Å². The fourth-order valence-corrected chi connectivity index (χ4v) is 3.36. The highest BCUT2D eigenvalue weighted by Gasteiger charge is 2.16. The number of carbonyl (C=O) groups is 1. The van der Waals surface area contributed by atoms with Crippen molar-refractivity contribution < 1.29 is 22.0 Å². The third-order valence-corrected chi connectivity index (χ3v) is 4.99. The van der Waals surface area contributed by atoms with Gasteiger partial charge in [-0.25, -0.2) is 17.2 Å². The number of benzene rings is 2. The molecule has 0 bridgehead atoms. The summed E-state index contributed by atoms with van der Waals surface area (Å²) >= 11 is 6.08. The van der Waals surface area contributed by atoms with Crippen LogP contribution in [0.25, 0.3) is 0 Å². The molecule has 0 heterocycles. The maximum Gasteiger partial charge on any atom is 0.254 e. The Labute approximate surface area is 173 Å². The van der Waals surface area contributed by atoms with E-state index in [1.807, 2.05) is 0 Å². The van der Waals surface area contributed by atoms with E-state index in [2.05, 4.69) is 10.6 Å². The molecular formula is C20H21ClF2N2O3S. The highest BCUT2D eigenvalue weighted by atomic mass is 35.5. The molecule has 0 unspecified atom stereocenters. The maximum atomic E-state index is 14.4. The van der Waals surface area contributed by atoms with Gasteiger partial charge in [0, 0.05) is 28.4 Å². The van der Waals surface area contributed by atoms with Gasteiger partial charge in [0.05, 0.1) is 11.6 Å². The fraction of sp³-hybridized carbons (Fsp3) is 0.250. The van der Waals surface area contributed by atoms with E-state index in [9.17, 15) is 22.0 Å². The van der Waals surface area contributed by atoms with Crippen LogP contribution in [-0.2, 0) is 9.84 Å². The van der Waals surface area contributed by atoms with E-state index in [1.54, 1.807) is 13.8 Å². The predicted octanol–water partition coefficient (Wildman–Crippen LogP) is 4.47. The smallest absolute Gasteiger partial charge is 0.254 e. The lowest BCUT2D eigenvalue weighted by atomic mass is 10.1. The molecule has 29 heavy (non-hydrogen) atoms. The first kappa shape index (κ1) is 22.8. The summed E-state index contributed by atoms with van der Waals surface area (Å²) in [5.74, 6) is -1.87. The number of carbonyl (C=O) groups excluding carboxylic acids is 1. The minimum Gasteiger partial charge on any atom is -0.378 e. The molecule has 2 aromatic carbocycles. The standard InChI is InChI=1S/C20H21ClF2N2O3S/c1-12(8-9-29(3,27)28)24-20(26)16-6-5-15(11-19(16)23)25-13(2)17-10-14(22)4-7-18(17)21/h4-13,25H,1-3H3,(H,24,26)/b9-8+/t12-,13+/m1/s1. The zero-order valence-electron chi connectivity index (χ0n) is 16.0. The van der Waals surface area contributed by atoms with E-state index < -0.39 is 39.5 Å². The van der Waals surface area contributed by atoms with Crippen LogP contribution < -0.4 is 10.6 Å². The van der Waals surface area contributed by atoms with Gasteiger partial charge in [0.25, 0.3) is 5.91 Å². The summed E-state index contributed by atoms with van der Waals surface area (Å²) in [6.45, 7) is 3.31. The van der Waals surface area contributed by atoms with Crippen molar-refractivity contribution in [1.82, 2.24) is 5.32 Å². The van der Waals surface area contributed by atoms with Crippen molar-refractivity contribution in [3.8, 4) is 0 Å². The Morgan fingerprint density at radius 3 is 2.45 bits per heavy atom. The molecule has 1 amide bonds. The molecule has 0 spiro atoms. The number of nitrogens with one attached hydrogen (secondary N) is 2. The minimum atomic E-state index is -3.32. The molecule has 2 aromatic rings. The Morgan fingerprint density at radius 1 is 1.14 bits per heavy atom. The third kappa shape index (κ3) is 6.83. The van der Waals surface area contributed by atoms with Crippen LogP contribution in [0, 0.1) is 11.6 Å². The summed E-state index contributed by atoms with van der Waals surface area (Å²) in [5, 5.41) is 6.86. The molecule has 0 aliphatic carbocycles. The molecule has 0 aromatic heterocycles. The first-order valence-electron chi connectivity index (χ1n) is 8.66. The predicted molar refractivity (Wildman–Crippen MR) is 111 cm³/mol. The van der Waals surface area contributed by atoms with Crippen LogP contribution >= 0.6 is 11.6 Å². The Morgan fingerprint density at radius 2 is 1.83 bits per heavy atom. The summed E-state index contributed by atoms with van der Waals surface area (Å²) in [5.41, 5.74) is 0.712. The summed E-state index contributed by atoms with van der Waals surface area (Å²) < 4.78 is 50.1. The van der Waals surface area contributed by atoms with Crippen molar-refractivity contribution in [3.05, 3.63) is 75.7 Å². The molecule has 0 saturated carbocycles. The van der Waals surface area contributed by atoms with Crippen LogP contribution in [0.4, 0.5) is 14.5 Å². The number of rotatable bonds is 7. The number of hydrogen-bond donors (Lipinski definition) is 2. The van der Waals surface area contributed by atoms with E-state index in [-0.39, 0.29) is 5.56 Å². The number of sulfone groups is 1. The van der Waals surface area contributed by atoms with Gasteiger partial charge in [-0.3, -0.25) is 4.79 Å². The zero-order chi connectivity index (χ0) is 21.8. The summed E-state index contributed by atoms with van der Waals surface area (Å²) in [7, 11) is -3.32. The van der Waals surface area contributed by atoms with Crippen molar-refractivity contribution in [3.63, 3.8) is 0 Å². The van der Waals surface area contributed by atoms with Crippen molar-refractivity contribution in [2.75, 3.05) is 11.6 Å². The van der Waals surface area contributed by atoms with Crippen molar-refractivity contribution in [2.24, 2.45) is 0 Å². The van der Waals surface area contributed by atoms with Gasteiger partial charge in [-0.1, -0.05) is 17.7 Å². The van der Waals surface area contributed by atoms with Crippen molar-refractivity contribution in [1.29, 1.82) is 0 Å². The number of anilines is 1. The zero-order valence-corrected chi connectivity index (χ0v) is 17.6. The molecule has 156 valence electrons. The van der Waals surface area contributed by atoms with Crippen LogP contribution in [0.1, 0.15) is 35.8 Å². The molecule has 0 aliphatic rings. The molecule has 9 heteroatoms. The summed E-state index contributed by atoms with van der Waals surface area (Å²) in [6.07, 6.45) is 2.33. The van der Waals surface area contributed by atoms with Crippen LogP contribution in [0.5, 0.6) is 0 Å². The van der Waals surface area contributed by atoms with Crippen LogP contribution in [0.15, 0.2) is 47.9 Å². The second-order valence-corrected chi connectivity index (χ2v) is 8.99. The van der Waals surface area contributed by atoms with Gasteiger partial charge in [0.2, 0.25) is 0 Å². The molecule has 2 atom stereocenters. The number of halogens is 3. The minimum absolute atomic E-state index is 0.188. The van der Waals surface area contributed by atoms with Gasteiger partial charge in [-0.2, -0.15) is 0 Å². The SMILES string of the molecule is C[C@H](/C=C/S(C)(=O)=O)NC(=O)c1ccc(N[C@@H](C)c2cc(F)ccc2Cl)cc1F. The van der Waals surface area contributed by atoms with Gasteiger partial charge < -0.3 is 10.6 Å². The average molecular weight is 443 g/mol. The van der Waals surface area contributed by atoms with Gasteiger partial charge in [-0.05, 0) is 55.8 Å². The van der Waals surface area contributed by atoms with Gasteiger partial charge in [-0.15, -0.1) is 0 Å². The van der Waals surface area contributed by atoms with Crippen molar-refractivity contribution in [2.45, 2.75) is 25.9 Å². The lowest BCUT2D eigenvalue weighted by Crippen LogP contribution is -2.31. The largest absolute Gasteiger partial charge is 0.378 e. The van der Waals surface area contributed by atoms with E-state index in [0.29, 0.717) is 16.3 Å². The average Bonchev–Trinajstić information content (AvgIpc) is 2.61. The second-order valence-electron chi connectivity index (χ2n) is 6.65. The van der Waals surface area contributed by atoms with Crippen LogP contribution in [0.3, 0.4) is 0 Å². The molecule has 0 fully saturated rings. The molecule has 0 saturated heterocycles. The third-order valence-electron chi connectivity index (χ3n) is 3.99. The quantitative estimate of drug-likeness (QED) is 0.663. The van der Waals surface area contributed by atoms with E-state index in [1.165, 1.54) is 36.4 Å². The first-order chi connectivity index (χ1) is 13.5. The molecule has 0 radical (unpaired) electrons. The van der Waals surface area contributed by atoms with Crippen LogP contribution in [-0.4, -0.2) is 26.6 Å². The van der Waals surface area contributed by atoms with Gasteiger partial charge in [0.1, 0.15) is 11.6 Å². The Kier molecular flexibility index (Phi) is 7.37. The molecule has 5 nitrogen and oxygen atoms in total. The Bertz CT molecular complexity index is 1040. The fourth-order valence-electron chi connectivity index (χ4n) is 2.56. The lowest BCUT2D eigenvalue weighted by Gasteiger charge is -2.18. The highest BCUT2D eigenvalue weighted by Crippen LogP contribution is 2.27. The first-order valence-corrected chi connectivity index (χ1v) is 11.0. The van der Waals surface area contributed by atoms with E-state index >= 15 is 0 Å². The summed E-state index contributed by atoms with van der Waals surface area (Å²) in [4.78, 5) is 12.2. The lowest BCUT2D eigenvalue weighted by molar-refractivity contribution is 0.0943. The van der Waals surface area contributed by atoms with E-state index in [4.69, 9.17) is 11.6 Å². The molecule has 2 N–H and O–H groups in total. The van der Waals surface area contributed by atoms with Crippen molar-refractivity contribution >= 4 is 33.0 Å². The maximum absolute atomic E-state index is 14.4. The van der Waals surface area contributed by atoms with Gasteiger partial charge in [0.15, 0.2) is 9.84 Å². The van der Waals surface area contributed by atoms with Gasteiger partial charge >= 0.3 is 0 Å². The topological polar surface area (TPSA) is 75.3 Å². The number of amides is 1. The summed E-state index contributed by atoms with van der Waals surface area (Å²) in [6, 6.07) is 6.94. The molecule has 0 aliphatic heterocycles. The number of hydrogen-bond acceptors (Lipinski definition) is 4. The Hall–Kier alpha value is -2.45. The normalized spacial score (nSPS) is 13.9. The second kappa shape index (κ2) is 9.37. The Balaban J connectivity index is 2.10. The monoisotopic (exact) mass is 442 g/mol. The molecule has 2 rings (SSSR count). The molecular weight excluding hydrogens is 422 g/mol. The highest BCUT2D eigenvalue weighted by molar-refractivity contribution is 7.93.